The summed E-state index contributed by atoms with van der Waals surface area (Å²) in [7, 11) is 0. The van der Waals surface area contributed by atoms with E-state index in [4.69, 9.17) is 0 Å². The standard InChI is InChI=1S/C26H28N3O/c1-20(2)24-10-6-7-11-25(24)26(30)27-21-12-14-23(15-13-21)29-18-16-28(17-19-29)22-8-4-3-5-9-22/h3-8,10-15,20H,16-19H2,1-2H3,(H,27,30). The van der Waals surface area contributed by atoms with E-state index >= 15 is 0 Å². The fraction of sp³-hybridized carbons (Fsp3) is 0.269. The number of carbonyl (C=O) groups is 1. The van der Waals surface area contributed by atoms with E-state index in [1.807, 2.05) is 48.5 Å². The molecular weight excluding hydrogens is 370 g/mol. The van der Waals surface area contributed by atoms with Crippen LogP contribution < -0.4 is 15.1 Å². The Bertz CT molecular complexity index is 975. The van der Waals surface area contributed by atoms with Crippen LogP contribution >= 0.6 is 0 Å². The van der Waals surface area contributed by atoms with E-state index in [9.17, 15) is 4.79 Å². The summed E-state index contributed by atoms with van der Waals surface area (Å²) in [5.41, 5.74) is 4.98. The zero-order valence-electron chi connectivity index (χ0n) is 17.6. The third kappa shape index (κ3) is 4.48. The molecule has 1 saturated heterocycles. The van der Waals surface area contributed by atoms with Gasteiger partial charge in [0.1, 0.15) is 0 Å². The lowest BCUT2D eigenvalue weighted by atomic mass is 9.97. The number of nitrogens with one attached hydrogen (secondary N) is 1. The molecular formula is C26H28N3O. The fourth-order valence-corrected chi connectivity index (χ4v) is 3.95. The minimum Gasteiger partial charge on any atom is -0.368 e. The molecule has 1 N–H and O–H groups in total. The van der Waals surface area contributed by atoms with Gasteiger partial charge in [0, 0.05) is 54.9 Å². The van der Waals surface area contributed by atoms with Gasteiger partial charge in [0.25, 0.3) is 5.91 Å². The predicted molar refractivity (Wildman–Crippen MR) is 125 cm³/mol. The van der Waals surface area contributed by atoms with Gasteiger partial charge in [-0.3, -0.25) is 4.79 Å². The number of rotatable bonds is 5. The van der Waals surface area contributed by atoms with Gasteiger partial charge in [-0.25, -0.2) is 0 Å². The molecule has 4 nitrogen and oxygen atoms in total. The minimum atomic E-state index is -0.0558. The zero-order chi connectivity index (χ0) is 20.9. The summed E-state index contributed by atoms with van der Waals surface area (Å²) in [6.45, 7) is 8.11. The van der Waals surface area contributed by atoms with Crippen molar-refractivity contribution in [3.05, 3.63) is 90.0 Å². The number of amides is 1. The average Bonchev–Trinajstić information content (AvgIpc) is 2.80. The molecule has 153 valence electrons. The van der Waals surface area contributed by atoms with Crippen molar-refractivity contribution < 1.29 is 4.79 Å². The van der Waals surface area contributed by atoms with Crippen molar-refractivity contribution in [2.75, 3.05) is 41.3 Å². The number of hydrogen-bond acceptors (Lipinski definition) is 3. The van der Waals surface area contributed by atoms with Crippen LogP contribution in [0, 0.1) is 6.07 Å². The van der Waals surface area contributed by atoms with Crippen molar-refractivity contribution in [3.8, 4) is 0 Å². The molecule has 0 atom stereocenters. The molecule has 4 rings (SSSR count). The normalized spacial score (nSPS) is 14.1. The molecule has 0 aromatic heterocycles. The highest BCUT2D eigenvalue weighted by Gasteiger charge is 2.18. The third-order valence-corrected chi connectivity index (χ3v) is 5.63. The second-order valence-electron chi connectivity index (χ2n) is 7.96. The maximum Gasteiger partial charge on any atom is 0.255 e. The average molecular weight is 399 g/mol. The van der Waals surface area contributed by atoms with Crippen molar-refractivity contribution in [1.82, 2.24) is 0 Å². The van der Waals surface area contributed by atoms with Crippen LogP contribution in [0.2, 0.25) is 0 Å². The summed E-state index contributed by atoms with van der Waals surface area (Å²) in [6.07, 6.45) is 0. The number of anilines is 3. The molecule has 1 heterocycles. The van der Waals surface area contributed by atoms with Gasteiger partial charge >= 0.3 is 0 Å². The Morgan fingerprint density at radius 2 is 1.53 bits per heavy atom. The molecule has 1 amide bonds. The molecule has 1 radical (unpaired) electrons. The lowest BCUT2D eigenvalue weighted by Crippen LogP contribution is -2.46. The fourth-order valence-electron chi connectivity index (χ4n) is 3.95. The molecule has 0 unspecified atom stereocenters. The lowest BCUT2D eigenvalue weighted by Gasteiger charge is -2.37. The minimum absolute atomic E-state index is 0.0558. The van der Waals surface area contributed by atoms with Gasteiger partial charge in [0.15, 0.2) is 0 Å². The maximum absolute atomic E-state index is 12.8. The molecule has 0 saturated carbocycles. The van der Waals surface area contributed by atoms with Crippen molar-refractivity contribution in [1.29, 1.82) is 0 Å². The molecule has 4 heteroatoms. The van der Waals surface area contributed by atoms with Crippen LogP contribution in [0.4, 0.5) is 17.1 Å². The number of para-hydroxylation sites is 1. The summed E-state index contributed by atoms with van der Waals surface area (Å²) >= 11 is 0. The first-order valence-corrected chi connectivity index (χ1v) is 10.6. The van der Waals surface area contributed by atoms with Gasteiger partial charge in [-0.1, -0.05) is 50.2 Å². The first-order valence-electron chi connectivity index (χ1n) is 10.6. The van der Waals surface area contributed by atoms with Crippen molar-refractivity contribution >= 4 is 23.0 Å². The first-order chi connectivity index (χ1) is 14.6. The number of nitrogens with zero attached hydrogens (tertiary/aromatic N) is 2. The highest BCUT2D eigenvalue weighted by Crippen LogP contribution is 2.24. The van der Waals surface area contributed by atoms with Crippen LogP contribution in [0.15, 0.2) is 72.8 Å². The molecule has 0 bridgehead atoms. The van der Waals surface area contributed by atoms with Gasteiger partial charge in [-0.05, 0) is 47.9 Å². The Kier molecular flexibility index (Phi) is 6.03. The quantitative estimate of drug-likeness (QED) is 0.642. The Morgan fingerprint density at radius 3 is 2.20 bits per heavy atom. The molecule has 0 aliphatic carbocycles. The van der Waals surface area contributed by atoms with E-state index < -0.39 is 0 Å². The summed E-state index contributed by atoms with van der Waals surface area (Å²) < 4.78 is 0. The lowest BCUT2D eigenvalue weighted by molar-refractivity contribution is 0.102. The van der Waals surface area contributed by atoms with Crippen LogP contribution in [0.25, 0.3) is 0 Å². The van der Waals surface area contributed by atoms with Crippen LogP contribution in [0.1, 0.15) is 35.7 Å². The number of hydrogen-bond donors (Lipinski definition) is 1. The van der Waals surface area contributed by atoms with Crippen LogP contribution in [-0.2, 0) is 0 Å². The Morgan fingerprint density at radius 1 is 0.867 bits per heavy atom. The molecule has 1 aliphatic heterocycles. The predicted octanol–water partition coefficient (Wildman–Crippen LogP) is 5.19. The topological polar surface area (TPSA) is 35.6 Å². The zero-order valence-corrected chi connectivity index (χ0v) is 17.6. The SMILES string of the molecule is CC(C)c1ccccc1C(=O)Nc1ccc(N2CCN(c3[c]cccc3)CC2)cc1. The smallest absolute Gasteiger partial charge is 0.255 e. The van der Waals surface area contributed by atoms with E-state index in [1.165, 1.54) is 5.69 Å². The van der Waals surface area contributed by atoms with Gasteiger partial charge in [-0.2, -0.15) is 0 Å². The maximum atomic E-state index is 12.8. The largest absolute Gasteiger partial charge is 0.368 e. The highest BCUT2D eigenvalue weighted by molar-refractivity contribution is 6.05. The first kappa shape index (κ1) is 20.0. The molecule has 30 heavy (non-hydrogen) atoms. The van der Waals surface area contributed by atoms with Gasteiger partial charge in [0.05, 0.1) is 0 Å². The van der Waals surface area contributed by atoms with Crippen molar-refractivity contribution in [2.24, 2.45) is 0 Å². The molecule has 1 fully saturated rings. The van der Waals surface area contributed by atoms with Gasteiger partial charge < -0.3 is 15.1 Å². The number of benzene rings is 3. The second-order valence-corrected chi connectivity index (χ2v) is 7.96. The van der Waals surface area contributed by atoms with Crippen LogP contribution in [0.5, 0.6) is 0 Å². The summed E-state index contributed by atoms with van der Waals surface area (Å²) in [6, 6.07) is 27.4. The van der Waals surface area contributed by atoms with Crippen molar-refractivity contribution in [2.45, 2.75) is 19.8 Å². The Labute approximate surface area is 179 Å². The van der Waals surface area contributed by atoms with E-state index in [-0.39, 0.29) is 5.91 Å². The van der Waals surface area contributed by atoms with Crippen molar-refractivity contribution in [3.63, 3.8) is 0 Å². The Balaban J connectivity index is 1.38. The molecule has 0 spiro atoms. The monoisotopic (exact) mass is 398 g/mol. The summed E-state index contributed by atoms with van der Waals surface area (Å²) in [4.78, 5) is 17.5. The van der Waals surface area contributed by atoms with E-state index in [2.05, 4.69) is 59.3 Å². The Hall–Kier alpha value is -3.27. The van der Waals surface area contributed by atoms with Crippen LogP contribution in [-0.4, -0.2) is 32.1 Å². The molecule has 3 aromatic carbocycles. The number of carbonyl (C=O) groups excluding carboxylic acids is 1. The summed E-state index contributed by atoms with van der Waals surface area (Å²) in [5, 5.41) is 3.04. The van der Waals surface area contributed by atoms with E-state index in [0.29, 0.717) is 5.92 Å². The van der Waals surface area contributed by atoms with E-state index in [0.717, 1.165) is 48.7 Å². The summed E-state index contributed by atoms with van der Waals surface area (Å²) in [5.74, 6) is 0.251. The molecule has 1 aliphatic rings. The van der Waals surface area contributed by atoms with Gasteiger partial charge in [-0.15, -0.1) is 0 Å². The van der Waals surface area contributed by atoms with E-state index in [1.54, 1.807) is 0 Å². The number of piperazine rings is 1. The van der Waals surface area contributed by atoms with Gasteiger partial charge in [0.2, 0.25) is 0 Å². The third-order valence-electron chi connectivity index (χ3n) is 5.63. The second kappa shape index (κ2) is 9.04. The highest BCUT2D eigenvalue weighted by atomic mass is 16.1. The van der Waals surface area contributed by atoms with Crippen LogP contribution in [0.3, 0.4) is 0 Å². The molecule has 3 aromatic rings.